The standard InChI is InChI=1S/C62H42N2/c1-6-21-43(22-7-1)61(44-23-8-2-9-24-44)54-33-17-16-31-50(54)51-39-37-48(41-56(51)61)63(46-27-12-4-13-28-46)49-38-40-52-53-32-20-36-59-60(53)62(57(52)42-49,45-25-10-3-11-26-45)55-34-18-19-35-58(55)64(59)47-29-14-5-15-30-47/h1-42H. The fourth-order valence-corrected chi connectivity index (χ4v) is 11.7. The van der Waals surface area contributed by atoms with Gasteiger partial charge in [-0.25, -0.2) is 0 Å². The minimum Gasteiger partial charge on any atom is -0.310 e. The van der Waals surface area contributed by atoms with Gasteiger partial charge in [-0.15, -0.1) is 0 Å². The summed E-state index contributed by atoms with van der Waals surface area (Å²) in [6.45, 7) is 0. The molecule has 0 spiro atoms. The van der Waals surface area contributed by atoms with Crippen LogP contribution < -0.4 is 9.80 Å². The summed E-state index contributed by atoms with van der Waals surface area (Å²) in [7, 11) is 0. The maximum Gasteiger partial charge on any atom is 0.0755 e. The van der Waals surface area contributed by atoms with E-state index >= 15 is 0 Å². The van der Waals surface area contributed by atoms with Gasteiger partial charge in [0.2, 0.25) is 0 Å². The number of hydrogen-bond acceptors (Lipinski definition) is 2. The molecule has 0 amide bonds. The van der Waals surface area contributed by atoms with Gasteiger partial charge in [-0.2, -0.15) is 0 Å². The van der Waals surface area contributed by atoms with Crippen molar-refractivity contribution >= 4 is 34.1 Å². The van der Waals surface area contributed by atoms with Gasteiger partial charge in [0, 0.05) is 28.3 Å². The van der Waals surface area contributed by atoms with E-state index in [1.54, 1.807) is 0 Å². The van der Waals surface area contributed by atoms with Crippen LogP contribution in [0.25, 0.3) is 22.3 Å². The van der Waals surface area contributed by atoms with Crippen LogP contribution in [-0.2, 0) is 10.8 Å². The predicted octanol–water partition coefficient (Wildman–Crippen LogP) is 15.7. The predicted molar refractivity (Wildman–Crippen MR) is 264 cm³/mol. The first-order chi connectivity index (χ1) is 31.8. The van der Waals surface area contributed by atoms with E-state index in [0.717, 1.165) is 22.7 Å². The second-order valence-electron chi connectivity index (χ2n) is 17.2. The molecule has 2 heteroatoms. The molecule has 64 heavy (non-hydrogen) atoms. The van der Waals surface area contributed by atoms with Gasteiger partial charge in [0.1, 0.15) is 0 Å². The first-order valence-corrected chi connectivity index (χ1v) is 22.3. The summed E-state index contributed by atoms with van der Waals surface area (Å²) in [6, 6.07) is 94.4. The van der Waals surface area contributed by atoms with Gasteiger partial charge in [-0.1, -0.05) is 194 Å². The Hall–Kier alpha value is -8.20. The van der Waals surface area contributed by atoms with E-state index in [9.17, 15) is 0 Å². The number of fused-ring (bicyclic) bond motifs is 8. The molecular formula is C62H42N2. The van der Waals surface area contributed by atoms with E-state index in [2.05, 4.69) is 265 Å². The van der Waals surface area contributed by atoms with Gasteiger partial charge in [0.25, 0.3) is 0 Å². The third-order valence-electron chi connectivity index (χ3n) is 14.1. The van der Waals surface area contributed by atoms with E-state index in [-0.39, 0.29) is 0 Å². The fourth-order valence-electron chi connectivity index (χ4n) is 11.7. The van der Waals surface area contributed by atoms with Crippen LogP contribution in [0.1, 0.15) is 44.5 Å². The van der Waals surface area contributed by atoms with E-state index in [4.69, 9.17) is 0 Å². The van der Waals surface area contributed by atoms with Crippen molar-refractivity contribution in [2.75, 3.05) is 9.80 Å². The quantitative estimate of drug-likeness (QED) is 0.158. The van der Waals surface area contributed by atoms with Gasteiger partial charge in [-0.3, -0.25) is 0 Å². The third kappa shape index (κ3) is 4.97. The van der Waals surface area contributed by atoms with Gasteiger partial charge in [0.15, 0.2) is 0 Å². The van der Waals surface area contributed by atoms with Gasteiger partial charge >= 0.3 is 0 Å². The van der Waals surface area contributed by atoms with E-state index in [0.29, 0.717) is 0 Å². The Morgan fingerprint density at radius 3 is 1.34 bits per heavy atom. The fraction of sp³-hybridized carbons (Fsp3) is 0.0323. The molecule has 0 saturated carbocycles. The minimum absolute atomic E-state index is 0.517. The summed E-state index contributed by atoms with van der Waals surface area (Å²) in [5.74, 6) is 0. The molecule has 0 aromatic heterocycles. The van der Waals surface area contributed by atoms with E-state index in [1.807, 2.05) is 0 Å². The van der Waals surface area contributed by atoms with E-state index in [1.165, 1.54) is 78.1 Å². The van der Waals surface area contributed by atoms with Crippen LogP contribution in [0.3, 0.4) is 0 Å². The summed E-state index contributed by atoms with van der Waals surface area (Å²) in [6.07, 6.45) is 0. The van der Waals surface area contributed by atoms with Crippen LogP contribution >= 0.6 is 0 Å². The van der Waals surface area contributed by atoms with Crippen molar-refractivity contribution < 1.29 is 0 Å². The minimum atomic E-state index is -0.571. The summed E-state index contributed by atoms with van der Waals surface area (Å²) in [4.78, 5) is 4.94. The Bertz CT molecular complexity index is 3340. The summed E-state index contributed by atoms with van der Waals surface area (Å²) in [5, 5.41) is 0. The Balaban J connectivity index is 1.08. The number of hydrogen-bond donors (Lipinski definition) is 0. The number of rotatable bonds is 7. The summed E-state index contributed by atoms with van der Waals surface area (Å²) >= 11 is 0. The van der Waals surface area contributed by atoms with Crippen LogP contribution in [0, 0.1) is 0 Å². The molecule has 0 saturated heterocycles. The van der Waals surface area contributed by atoms with Crippen molar-refractivity contribution in [1.82, 2.24) is 0 Å². The molecule has 3 aliphatic rings. The third-order valence-corrected chi connectivity index (χ3v) is 14.1. The smallest absolute Gasteiger partial charge is 0.0755 e. The largest absolute Gasteiger partial charge is 0.310 e. The molecular weight excluding hydrogens is 773 g/mol. The Morgan fingerprint density at radius 1 is 0.281 bits per heavy atom. The van der Waals surface area contributed by atoms with Crippen molar-refractivity contribution in [3.8, 4) is 22.3 Å². The molecule has 2 nitrogen and oxygen atoms in total. The SMILES string of the molecule is c1ccc(N(c2ccc3c(c2)C(c2ccccc2)(c2ccccc2)c2ccccc2-3)c2ccc3c(c2)C2(c4ccccc4)c4ccccc4N(c4ccccc4)c4cccc-3c42)cc1. The average Bonchev–Trinajstić information content (AvgIpc) is 3.84. The number of benzene rings is 10. The molecule has 1 heterocycles. The molecule has 0 radical (unpaired) electrons. The molecule has 10 aromatic carbocycles. The number of anilines is 6. The lowest BCUT2D eigenvalue weighted by atomic mass is 9.65. The highest BCUT2D eigenvalue weighted by Crippen LogP contribution is 2.65. The van der Waals surface area contributed by atoms with Crippen molar-refractivity contribution in [1.29, 1.82) is 0 Å². The van der Waals surface area contributed by atoms with Crippen LogP contribution in [0.15, 0.2) is 255 Å². The normalized spacial score (nSPS) is 15.7. The zero-order chi connectivity index (χ0) is 42.2. The van der Waals surface area contributed by atoms with Gasteiger partial charge in [-0.05, 0) is 122 Å². The molecule has 13 rings (SSSR count). The van der Waals surface area contributed by atoms with Gasteiger partial charge < -0.3 is 9.80 Å². The molecule has 1 atom stereocenters. The molecule has 1 unspecified atom stereocenters. The lowest BCUT2D eigenvalue weighted by Crippen LogP contribution is -2.36. The highest BCUT2D eigenvalue weighted by molar-refractivity contribution is 6.00. The highest BCUT2D eigenvalue weighted by Gasteiger charge is 2.53. The van der Waals surface area contributed by atoms with E-state index < -0.39 is 10.8 Å². The molecule has 0 fully saturated rings. The molecule has 10 aromatic rings. The van der Waals surface area contributed by atoms with Crippen molar-refractivity contribution in [2.24, 2.45) is 0 Å². The first-order valence-electron chi connectivity index (χ1n) is 22.3. The Kier molecular flexibility index (Phi) is 8.07. The maximum absolute atomic E-state index is 2.50. The first kappa shape index (κ1) is 36.5. The lowest BCUT2D eigenvalue weighted by Gasteiger charge is -2.44. The van der Waals surface area contributed by atoms with Crippen molar-refractivity contribution in [3.05, 3.63) is 299 Å². The van der Waals surface area contributed by atoms with Crippen molar-refractivity contribution in [3.63, 3.8) is 0 Å². The maximum atomic E-state index is 2.50. The molecule has 0 N–H and O–H groups in total. The molecule has 300 valence electrons. The molecule has 0 bridgehead atoms. The Morgan fingerprint density at radius 2 is 0.719 bits per heavy atom. The second-order valence-corrected chi connectivity index (χ2v) is 17.2. The highest BCUT2D eigenvalue weighted by atomic mass is 15.2. The zero-order valence-electron chi connectivity index (χ0n) is 35.1. The van der Waals surface area contributed by atoms with Crippen LogP contribution in [-0.4, -0.2) is 0 Å². The summed E-state index contributed by atoms with van der Waals surface area (Å²) in [5.41, 5.74) is 21.1. The monoisotopic (exact) mass is 814 g/mol. The second kappa shape index (κ2) is 14.2. The van der Waals surface area contributed by atoms with Crippen LogP contribution in [0.5, 0.6) is 0 Å². The average molecular weight is 815 g/mol. The summed E-state index contributed by atoms with van der Waals surface area (Å²) < 4.78 is 0. The Labute approximate surface area is 374 Å². The number of nitrogens with zero attached hydrogens (tertiary/aromatic N) is 2. The number of para-hydroxylation sites is 3. The van der Waals surface area contributed by atoms with Crippen LogP contribution in [0.4, 0.5) is 34.1 Å². The molecule has 1 aliphatic heterocycles. The molecule has 2 aliphatic carbocycles. The van der Waals surface area contributed by atoms with Gasteiger partial charge in [0.05, 0.1) is 22.2 Å². The topological polar surface area (TPSA) is 6.48 Å². The van der Waals surface area contributed by atoms with Crippen LogP contribution in [0.2, 0.25) is 0 Å². The lowest BCUT2D eigenvalue weighted by molar-refractivity contribution is 0.753. The van der Waals surface area contributed by atoms with Crippen molar-refractivity contribution in [2.45, 2.75) is 10.8 Å². The zero-order valence-corrected chi connectivity index (χ0v) is 35.1.